The van der Waals surface area contributed by atoms with Crippen molar-refractivity contribution in [2.45, 2.75) is 0 Å². The van der Waals surface area contributed by atoms with Crippen molar-refractivity contribution in [1.29, 1.82) is 0 Å². The van der Waals surface area contributed by atoms with Gasteiger partial charge in [-0.05, 0) is 0 Å². The van der Waals surface area contributed by atoms with E-state index in [9.17, 15) is 0 Å². The van der Waals surface area contributed by atoms with Crippen molar-refractivity contribution in [3.8, 4) is 0 Å². The summed E-state index contributed by atoms with van der Waals surface area (Å²) >= 11 is 21.7. The number of alkyl halides is 2. The molecule has 0 aliphatic heterocycles. The van der Waals surface area contributed by atoms with Crippen LogP contribution in [0.3, 0.4) is 0 Å². The van der Waals surface area contributed by atoms with Crippen LogP contribution in [-0.2, 0) is 0 Å². The average Bonchev–Trinajstić information content (AvgIpc) is 2.06. The number of hydrogen-bond acceptors (Lipinski definition) is 0. The van der Waals surface area contributed by atoms with Gasteiger partial charge in [-0.2, -0.15) is 0 Å². The summed E-state index contributed by atoms with van der Waals surface area (Å²) in [6.07, 6.45) is 0. The van der Waals surface area contributed by atoms with Gasteiger partial charge in [0.05, 0.1) is 0 Å². The molecule has 0 saturated carbocycles. The van der Waals surface area contributed by atoms with Crippen LogP contribution in [0.15, 0.2) is 18.3 Å². The van der Waals surface area contributed by atoms with Crippen LogP contribution in [0, 0.1) is 0 Å². The molecule has 0 aromatic heterocycles. The fourth-order valence-electron chi connectivity index (χ4n) is 0.257. The number of hydrogen-bond donors (Lipinski definition) is 0. The van der Waals surface area contributed by atoms with Gasteiger partial charge in [-0.3, -0.25) is 0 Å². The molecule has 0 heterocycles. The monoisotopic (exact) mass is 348 g/mol. The third-order valence-electron chi connectivity index (χ3n) is 0.719. The molecule has 0 fully saturated rings. The van der Waals surface area contributed by atoms with Gasteiger partial charge in [-0.1, -0.05) is 0 Å². The van der Waals surface area contributed by atoms with Gasteiger partial charge >= 0.3 is 97.4 Å². The number of allylic oxidation sites excluding steroid dienone is 2. The zero-order chi connectivity index (χ0) is 8.69. The van der Waals surface area contributed by atoms with E-state index < -0.39 is 20.9 Å². The molecular formula is C6H6Cl4Te. The van der Waals surface area contributed by atoms with Crippen molar-refractivity contribution in [2.75, 3.05) is 11.8 Å². The van der Waals surface area contributed by atoms with Crippen molar-refractivity contribution in [3.05, 3.63) is 18.3 Å². The van der Waals surface area contributed by atoms with Gasteiger partial charge in [-0.15, -0.1) is 0 Å². The fourth-order valence-corrected chi connectivity index (χ4v) is 3.28. The molecule has 0 aromatic carbocycles. The second-order valence-corrected chi connectivity index (χ2v) is 5.61. The molecular weight excluding hydrogens is 341 g/mol. The molecule has 0 aromatic rings. The van der Waals surface area contributed by atoms with Crippen molar-refractivity contribution in [3.63, 3.8) is 0 Å². The third-order valence-corrected chi connectivity index (χ3v) is 6.01. The standard InChI is InChI=1S/C6H6Cl4Te/c7-1-5(10)4-11-6(2-8)3-9/h2,4H,1,3H2/b5-4-,6-2-. The zero-order valence-electron chi connectivity index (χ0n) is 5.49. The number of rotatable bonds is 4. The van der Waals surface area contributed by atoms with Gasteiger partial charge in [0.15, 0.2) is 0 Å². The van der Waals surface area contributed by atoms with E-state index in [4.69, 9.17) is 46.4 Å². The quantitative estimate of drug-likeness (QED) is 0.541. The van der Waals surface area contributed by atoms with Gasteiger partial charge in [-0.25, -0.2) is 0 Å². The maximum atomic E-state index is 5.67. The van der Waals surface area contributed by atoms with E-state index in [1.54, 1.807) is 0 Å². The topological polar surface area (TPSA) is 0 Å². The molecule has 0 bridgehead atoms. The van der Waals surface area contributed by atoms with Gasteiger partial charge in [0.25, 0.3) is 0 Å². The Morgan fingerprint density at radius 2 is 1.91 bits per heavy atom. The summed E-state index contributed by atoms with van der Waals surface area (Å²) in [5, 5.41) is 0.676. The molecule has 0 rings (SSSR count). The maximum absolute atomic E-state index is 5.67. The predicted octanol–water partition coefficient (Wildman–Crippen LogP) is 3.33. The summed E-state index contributed by atoms with van der Waals surface area (Å²) in [7, 11) is 0. The van der Waals surface area contributed by atoms with Crippen LogP contribution in [-0.4, -0.2) is 32.7 Å². The van der Waals surface area contributed by atoms with Crippen LogP contribution in [0.1, 0.15) is 0 Å². The minimum atomic E-state index is -0.439. The average molecular weight is 348 g/mol. The first kappa shape index (κ1) is 12.4. The third kappa shape index (κ3) is 6.58. The Morgan fingerprint density at radius 1 is 1.27 bits per heavy atom. The summed E-state index contributed by atoms with van der Waals surface area (Å²) in [6, 6.07) is 0. The van der Waals surface area contributed by atoms with Crippen LogP contribution in [0.2, 0.25) is 0 Å². The first-order valence-corrected chi connectivity index (χ1v) is 7.06. The van der Waals surface area contributed by atoms with E-state index in [2.05, 4.69) is 0 Å². The minimum absolute atomic E-state index is 0.365. The van der Waals surface area contributed by atoms with Crippen LogP contribution in [0.4, 0.5) is 0 Å². The van der Waals surface area contributed by atoms with E-state index in [0.29, 0.717) is 16.8 Å². The number of halogens is 4. The van der Waals surface area contributed by atoms with Gasteiger partial charge in [0.2, 0.25) is 0 Å². The first-order valence-electron chi connectivity index (χ1n) is 2.67. The molecule has 0 atom stereocenters. The fraction of sp³-hybridized carbons (Fsp3) is 0.333. The second-order valence-electron chi connectivity index (χ2n) is 1.53. The van der Waals surface area contributed by atoms with E-state index in [-0.39, 0.29) is 0 Å². The van der Waals surface area contributed by atoms with Crippen LogP contribution in [0.5, 0.6) is 0 Å². The molecule has 0 aliphatic rings. The molecule has 11 heavy (non-hydrogen) atoms. The molecule has 0 saturated heterocycles. The van der Waals surface area contributed by atoms with Gasteiger partial charge in [0.1, 0.15) is 0 Å². The van der Waals surface area contributed by atoms with Crippen LogP contribution in [0.25, 0.3) is 0 Å². The van der Waals surface area contributed by atoms with Crippen LogP contribution < -0.4 is 0 Å². The van der Waals surface area contributed by atoms with E-state index >= 15 is 0 Å². The van der Waals surface area contributed by atoms with E-state index in [1.165, 1.54) is 5.54 Å². The molecule has 0 unspecified atom stereocenters. The van der Waals surface area contributed by atoms with E-state index in [0.717, 1.165) is 3.62 Å². The van der Waals surface area contributed by atoms with Crippen molar-refractivity contribution in [2.24, 2.45) is 0 Å². The molecule has 0 radical (unpaired) electrons. The predicted molar refractivity (Wildman–Crippen MR) is 55.1 cm³/mol. The summed E-state index contributed by atoms with van der Waals surface area (Å²) in [5.74, 6) is 0.846. The van der Waals surface area contributed by atoms with Gasteiger partial charge in [0, 0.05) is 0 Å². The molecule has 64 valence electrons. The van der Waals surface area contributed by atoms with Crippen molar-refractivity contribution >= 4 is 67.3 Å². The normalized spacial score (nSPS) is 13.8. The SMILES string of the molecule is Cl/C=C(/CCl)[Te]/C=C(\Cl)CCl. The Labute approximate surface area is 96.6 Å². The first-order chi connectivity index (χ1) is 5.24. The summed E-state index contributed by atoms with van der Waals surface area (Å²) in [4.78, 5) is 0. The molecule has 0 spiro atoms. The zero-order valence-corrected chi connectivity index (χ0v) is 10.8. The molecule has 0 amide bonds. The Morgan fingerprint density at radius 3 is 2.27 bits per heavy atom. The molecule has 0 aliphatic carbocycles. The summed E-state index contributed by atoms with van der Waals surface area (Å²) in [5.41, 5.74) is 1.52. The van der Waals surface area contributed by atoms with Crippen molar-refractivity contribution < 1.29 is 0 Å². The van der Waals surface area contributed by atoms with Gasteiger partial charge < -0.3 is 0 Å². The Balaban J connectivity index is 3.85. The van der Waals surface area contributed by atoms with Crippen molar-refractivity contribution in [1.82, 2.24) is 0 Å². The van der Waals surface area contributed by atoms with E-state index in [1.807, 2.05) is 4.12 Å². The Kier molecular flexibility index (Phi) is 9.09. The summed E-state index contributed by atoms with van der Waals surface area (Å²) in [6.45, 7) is 0. The molecule has 5 heteroatoms. The summed E-state index contributed by atoms with van der Waals surface area (Å²) < 4.78 is 2.98. The Bertz CT molecular complexity index is 164. The Hall–Kier alpha value is 1.43. The molecule has 0 N–H and O–H groups in total. The molecule has 0 nitrogen and oxygen atoms in total. The van der Waals surface area contributed by atoms with Crippen LogP contribution >= 0.6 is 46.4 Å². The second kappa shape index (κ2) is 8.05.